The van der Waals surface area contributed by atoms with Crippen molar-refractivity contribution in [3.8, 4) is 0 Å². The molecule has 22 heavy (non-hydrogen) atoms. The third-order valence-corrected chi connectivity index (χ3v) is 7.00. The zero-order chi connectivity index (χ0) is 16.5. The van der Waals surface area contributed by atoms with E-state index >= 15 is 0 Å². The first-order valence-corrected chi connectivity index (χ1v) is 10.8. The molecule has 0 bridgehead atoms. The summed E-state index contributed by atoms with van der Waals surface area (Å²) in [6.07, 6.45) is 1.71. The van der Waals surface area contributed by atoms with Gasteiger partial charge in [0.05, 0.1) is 19.8 Å². The Morgan fingerprint density at radius 3 is 1.95 bits per heavy atom. The number of allylic oxidation sites excluding steroid dienone is 1. The second-order valence-electron chi connectivity index (χ2n) is 4.37. The first-order chi connectivity index (χ1) is 10.5. The molecule has 5 nitrogen and oxygen atoms in total. The predicted molar refractivity (Wildman–Crippen MR) is 90.2 cm³/mol. The Morgan fingerprint density at radius 2 is 1.45 bits per heavy atom. The van der Waals surface area contributed by atoms with Gasteiger partial charge in [-0.25, -0.2) is 0 Å². The summed E-state index contributed by atoms with van der Waals surface area (Å²) in [7, 11) is -6.29. The summed E-state index contributed by atoms with van der Waals surface area (Å²) in [6.45, 7) is 6.19. The fraction of sp³-hybridized carbons (Fsp3) is 0.467. The summed E-state index contributed by atoms with van der Waals surface area (Å²) in [6, 6.07) is 9.03. The fourth-order valence-corrected chi connectivity index (χ4v) is 5.28. The predicted octanol–water partition coefficient (Wildman–Crippen LogP) is 4.41. The summed E-state index contributed by atoms with van der Waals surface area (Å²) in [5.41, 5.74) is 0. The lowest BCUT2D eigenvalue weighted by atomic mass is 10.4. The van der Waals surface area contributed by atoms with Gasteiger partial charge in [-0.1, -0.05) is 24.3 Å². The van der Waals surface area contributed by atoms with E-state index < -0.39 is 15.0 Å². The van der Waals surface area contributed by atoms with Gasteiger partial charge in [0, 0.05) is 17.3 Å². The topological polar surface area (TPSA) is 61.8 Å². The van der Waals surface area contributed by atoms with Crippen molar-refractivity contribution >= 4 is 20.3 Å². The normalized spacial score (nSPS) is 15.0. The van der Waals surface area contributed by atoms with Crippen molar-refractivity contribution in [3.63, 3.8) is 0 Å². The molecule has 0 heterocycles. The molecule has 0 fully saturated rings. The van der Waals surface area contributed by atoms with Gasteiger partial charge in [-0.3, -0.25) is 9.13 Å². The van der Waals surface area contributed by atoms with Crippen LogP contribution in [0.2, 0.25) is 0 Å². The van der Waals surface area contributed by atoms with Crippen LogP contribution in [0.25, 0.3) is 0 Å². The van der Waals surface area contributed by atoms with Crippen LogP contribution in [0.3, 0.4) is 0 Å². The smallest absolute Gasteiger partial charge is 0.325 e. The quantitative estimate of drug-likeness (QED) is 0.587. The van der Waals surface area contributed by atoms with Crippen LogP contribution in [0.4, 0.5) is 0 Å². The van der Waals surface area contributed by atoms with E-state index in [-0.39, 0.29) is 19.4 Å². The Bertz CT molecular complexity index is 546. The van der Waals surface area contributed by atoms with Crippen molar-refractivity contribution in [3.05, 3.63) is 42.2 Å². The summed E-state index contributed by atoms with van der Waals surface area (Å²) < 4.78 is 41.1. The minimum atomic E-state index is -3.27. The molecule has 0 aromatic heterocycles. The minimum absolute atomic E-state index is 0.148. The van der Waals surface area contributed by atoms with Crippen molar-refractivity contribution in [2.75, 3.05) is 26.0 Å². The Labute approximate surface area is 132 Å². The van der Waals surface area contributed by atoms with Crippen molar-refractivity contribution < 1.29 is 22.7 Å². The summed E-state index contributed by atoms with van der Waals surface area (Å²) in [5, 5.41) is 0.643. The second kappa shape index (κ2) is 9.44. The highest BCUT2D eigenvalue weighted by Crippen LogP contribution is 2.51. The third-order valence-electron chi connectivity index (χ3n) is 2.74. The SMILES string of the molecule is CCOP(=O)(/C=C/CP(=O)(OCC)c1ccccc1)OCC. The molecule has 1 atom stereocenters. The summed E-state index contributed by atoms with van der Waals surface area (Å²) in [4.78, 5) is 0. The molecule has 1 aromatic carbocycles. The Hall–Kier alpha value is -0.700. The molecule has 1 rings (SSSR count). The van der Waals surface area contributed by atoms with E-state index in [1.807, 2.05) is 18.2 Å². The van der Waals surface area contributed by atoms with Crippen molar-refractivity contribution in [1.82, 2.24) is 0 Å². The average molecular weight is 346 g/mol. The van der Waals surface area contributed by atoms with Gasteiger partial charge >= 0.3 is 7.60 Å². The standard InChI is InChI=1S/C15H24O5P2/c1-4-18-21(16,15-11-8-7-9-12-15)13-10-14-22(17,19-5-2)20-6-3/h7-12,14H,4-6,13H2,1-3H3/b14-10+. The number of hydrogen-bond acceptors (Lipinski definition) is 5. The molecule has 0 spiro atoms. The molecule has 0 amide bonds. The molecule has 0 saturated carbocycles. The van der Waals surface area contributed by atoms with Crippen LogP contribution in [-0.4, -0.2) is 26.0 Å². The van der Waals surface area contributed by atoms with E-state index in [9.17, 15) is 9.13 Å². The molecule has 1 aromatic rings. The van der Waals surface area contributed by atoms with Crippen LogP contribution >= 0.6 is 15.0 Å². The zero-order valence-electron chi connectivity index (χ0n) is 13.3. The van der Waals surface area contributed by atoms with Gasteiger partial charge in [-0.15, -0.1) is 0 Å². The number of rotatable bonds is 10. The Kier molecular flexibility index (Phi) is 8.30. The van der Waals surface area contributed by atoms with E-state index in [0.717, 1.165) is 0 Å². The van der Waals surface area contributed by atoms with Crippen LogP contribution in [-0.2, 0) is 22.7 Å². The van der Waals surface area contributed by atoms with Gasteiger partial charge in [-0.2, -0.15) is 0 Å². The van der Waals surface area contributed by atoms with Gasteiger partial charge in [0.15, 0.2) is 0 Å². The van der Waals surface area contributed by atoms with Crippen LogP contribution in [0.1, 0.15) is 20.8 Å². The highest BCUT2D eigenvalue weighted by Gasteiger charge is 2.25. The molecule has 0 aliphatic carbocycles. The second-order valence-corrected chi connectivity index (χ2v) is 8.75. The third kappa shape index (κ3) is 5.83. The van der Waals surface area contributed by atoms with Gasteiger partial charge in [-0.05, 0) is 32.9 Å². The Balaban J connectivity index is 2.90. The molecular formula is C15H24O5P2. The highest BCUT2D eigenvalue weighted by molar-refractivity contribution is 7.67. The monoisotopic (exact) mass is 346 g/mol. The molecule has 0 aliphatic heterocycles. The maximum absolute atomic E-state index is 13.0. The van der Waals surface area contributed by atoms with Gasteiger partial charge in [0.2, 0.25) is 7.37 Å². The van der Waals surface area contributed by atoms with E-state index in [4.69, 9.17) is 13.6 Å². The van der Waals surface area contributed by atoms with E-state index in [1.165, 1.54) is 5.82 Å². The zero-order valence-corrected chi connectivity index (χ0v) is 15.1. The number of hydrogen-bond donors (Lipinski definition) is 0. The lowest BCUT2D eigenvalue weighted by Gasteiger charge is -2.17. The van der Waals surface area contributed by atoms with E-state index in [1.54, 1.807) is 39.0 Å². The van der Waals surface area contributed by atoms with Gasteiger partial charge in [0.1, 0.15) is 0 Å². The van der Waals surface area contributed by atoms with E-state index in [0.29, 0.717) is 11.9 Å². The maximum atomic E-state index is 13.0. The average Bonchev–Trinajstić information content (AvgIpc) is 2.49. The fourth-order valence-electron chi connectivity index (χ4n) is 1.89. The molecule has 0 radical (unpaired) electrons. The molecule has 1 unspecified atom stereocenters. The first kappa shape index (κ1) is 19.3. The largest absolute Gasteiger partial charge is 0.353 e. The molecule has 0 aliphatic rings. The van der Waals surface area contributed by atoms with Crippen molar-refractivity contribution in [1.29, 1.82) is 0 Å². The molecular weight excluding hydrogens is 322 g/mol. The summed E-state index contributed by atoms with van der Waals surface area (Å²) >= 11 is 0. The first-order valence-electron chi connectivity index (χ1n) is 7.35. The molecule has 0 saturated heterocycles. The van der Waals surface area contributed by atoms with Gasteiger partial charge in [0.25, 0.3) is 0 Å². The molecule has 0 N–H and O–H groups in total. The van der Waals surface area contributed by atoms with Crippen molar-refractivity contribution in [2.45, 2.75) is 20.8 Å². The summed E-state index contributed by atoms with van der Waals surface area (Å²) in [5.74, 6) is 1.37. The van der Waals surface area contributed by atoms with Gasteiger partial charge < -0.3 is 13.6 Å². The maximum Gasteiger partial charge on any atom is 0.353 e. The Morgan fingerprint density at radius 1 is 0.909 bits per heavy atom. The minimum Gasteiger partial charge on any atom is -0.325 e. The highest BCUT2D eigenvalue weighted by atomic mass is 31.2. The molecule has 124 valence electrons. The lowest BCUT2D eigenvalue weighted by Crippen LogP contribution is -2.09. The van der Waals surface area contributed by atoms with Crippen LogP contribution in [0.5, 0.6) is 0 Å². The van der Waals surface area contributed by atoms with Crippen LogP contribution in [0.15, 0.2) is 42.2 Å². The van der Waals surface area contributed by atoms with Crippen LogP contribution < -0.4 is 5.30 Å². The lowest BCUT2D eigenvalue weighted by molar-refractivity contribution is 0.229. The van der Waals surface area contributed by atoms with Crippen molar-refractivity contribution in [2.24, 2.45) is 0 Å². The number of benzene rings is 1. The van der Waals surface area contributed by atoms with Crippen LogP contribution in [0, 0.1) is 0 Å². The van der Waals surface area contributed by atoms with E-state index in [2.05, 4.69) is 0 Å². The molecule has 7 heteroatoms.